The van der Waals surface area contributed by atoms with Crippen LogP contribution >= 0.6 is 0 Å². The lowest BCUT2D eigenvalue weighted by Crippen LogP contribution is -2.36. The molecule has 0 spiro atoms. The van der Waals surface area contributed by atoms with Gasteiger partial charge in [0.05, 0.1) is 0 Å². The third-order valence-electron chi connectivity index (χ3n) is 4.64. The first-order valence-corrected chi connectivity index (χ1v) is 7.78. The summed E-state index contributed by atoms with van der Waals surface area (Å²) in [6, 6.07) is 0. The maximum absolute atomic E-state index is 4.41. The van der Waals surface area contributed by atoms with Crippen LogP contribution < -0.4 is 4.90 Å². The largest absolute Gasteiger partial charge is 0.341 e. The first-order chi connectivity index (χ1) is 10.3. The minimum atomic E-state index is 0.654. The zero-order chi connectivity index (χ0) is 14.2. The van der Waals surface area contributed by atoms with Crippen molar-refractivity contribution in [2.45, 2.75) is 38.1 Å². The Hall–Kier alpha value is -1.92. The summed E-state index contributed by atoms with van der Waals surface area (Å²) in [5.74, 6) is 3.53. The molecule has 1 saturated carbocycles. The van der Waals surface area contributed by atoms with Crippen LogP contribution in [0, 0.1) is 5.92 Å². The topological polar surface area (TPSA) is 64.7 Å². The maximum atomic E-state index is 4.41. The Bertz CT molecular complexity index is 591. The van der Waals surface area contributed by atoms with Crippen molar-refractivity contribution in [1.29, 1.82) is 0 Å². The smallest absolute Gasteiger partial charge is 0.226 e. The quantitative estimate of drug-likeness (QED) is 0.845. The Kier molecular flexibility index (Phi) is 3.12. The van der Waals surface area contributed by atoms with Gasteiger partial charge in [-0.1, -0.05) is 0 Å². The molecule has 2 aromatic rings. The molecule has 2 fully saturated rings. The molecule has 3 heterocycles. The molecule has 0 aromatic carbocycles. The van der Waals surface area contributed by atoms with Gasteiger partial charge in [-0.15, -0.1) is 10.2 Å². The number of rotatable bonds is 4. The number of aromatic nitrogens is 6. The van der Waals surface area contributed by atoms with E-state index in [4.69, 9.17) is 0 Å². The Morgan fingerprint density at radius 1 is 1.14 bits per heavy atom. The molecule has 2 aliphatic rings. The van der Waals surface area contributed by atoms with Gasteiger partial charge in [0, 0.05) is 32.6 Å². The van der Waals surface area contributed by atoms with Gasteiger partial charge in [0.15, 0.2) is 0 Å². The third kappa shape index (κ3) is 2.52. The molecule has 7 nitrogen and oxygen atoms in total. The van der Waals surface area contributed by atoms with Gasteiger partial charge in [-0.3, -0.25) is 4.68 Å². The second kappa shape index (κ2) is 5.13. The van der Waals surface area contributed by atoms with Crippen molar-refractivity contribution >= 4 is 5.95 Å². The fourth-order valence-corrected chi connectivity index (χ4v) is 3.21. The summed E-state index contributed by atoms with van der Waals surface area (Å²) in [4.78, 5) is 6.38. The standard InChI is InChI=1S/C14H21N7/c1-19-13(12-2-3-12)17-18-14(19)20-6-4-11(5-7-20)8-21-10-15-9-16-21/h9-12H,2-8H2,1H3. The summed E-state index contributed by atoms with van der Waals surface area (Å²) in [6.45, 7) is 3.08. The van der Waals surface area contributed by atoms with Crippen LogP contribution in [0.5, 0.6) is 0 Å². The molecule has 1 aliphatic heterocycles. The fourth-order valence-electron chi connectivity index (χ4n) is 3.21. The van der Waals surface area contributed by atoms with Gasteiger partial charge in [0.1, 0.15) is 18.5 Å². The average molecular weight is 287 g/mol. The molecule has 21 heavy (non-hydrogen) atoms. The van der Waals surface area contributed by atoms with Gasteiger partial charge in [-0.25, -0.2) is 4.98 Å². The van der Waals surface area contributed by atoms with E-state index in [0.29, 0.717) is 11.8 Å². The van der Waals surface area contributed by atoms with E-state index in [2.05, 4.69) is 36.8 Å². The summed E-state index contributed by atoms with van der Waals surface area (Å²) in [6.07, 6.45) is 8.29. The molecule has 0 N–H and O–H groups in total. The van der Waals surface area contributed by atoms with E-state index >= 15 is 0 Å². The zero-order valence-corrected chi connectivity index (χ0v) is 12.4. The highest BCUT2D eigenvalue weighted by atomic mass is 15.4. The minimum absolute atomic E-state index is 0.654. The molecule has 7 heteroatoms. The summed E-state index contributed by atoms with van der Waals surface area (Å²) in [7, 11) is 2.10. The Morgan fingerprint density at radius 3 is 2.62 bits per heavy atom. The summed E-state index contributed by atoms with van der Waals surface area (Å²) < 4.78 is 4.13. The Morgan fingerprint density at radius 2 is 1.95 bits per heavy atom. The number of nitrogens with zero attached hydrogens (tertiary/aromatic N) is 7. The molecule has 0 unspecified atom stereocenters. The number of piperidine rings is 1. The van der Waals surface area contributed by atoms with E-state index in [0.717, 1.165) is 31.4 Å². The predicted molar refractivity (Wildman–Crippen MR) is 77.9 cm³/mol. The van der Waals surface area contributed by atoms with E-state index in [1.165, 1.54) is 25.7 Å². The fraction of sp³-hybridized carbons (Fsp3) is 0.714. The van der Waals surface area contributed by atoms with Gasteiger partial charge in [0.2, 0.25) is 5.95 Å². The van der Waals surface area contributed by atoms with Gasteiger partial charge < -0.3 is 9.47 Å². The molecule has 4 rings (SSSR count). The SMILES string of the molecule is Cn1c(C2CC2)nnc1N1CCC(Cn2cncn2)CC1. The molecule has 2 aromatic heterocycles. The Labute approximate surface area is 124 Å². The molecule has 0 atom stereocenters. The molecule has 1 saturated heterocycles. The zero-order valence-electron chi connectivity index (χ0n) is 12.4. The van der Waals surface area contributed by atoms with Gasteiger partial charge in [-0.2, -0.15) is 5.10 Å². The number of anilines is 1. The predicted octanol–water partition coefficient (Wildman–Crippen LogP) is 1.20. The molecule has 0 amide bonds. The molecular weight excluding hydrogens is 266 g/mol. The molecule has 112 valence electrons. The van der Waals surface area contributed by atoms with Crippen molar-refractivity contribution in [2.24, 2.45) is 13.0 Å². The molecule has 0 radical (unpaired) electrons. The van der Waals surface area contributed by atoms with E-state index in [-0.39, 0.29) is 0 Å². The van der Waals surface area contributed by atoms with Crippen molar-refractivity contribution in [3.63, 3.8) is 0 Å². The monoisotopic (exact) mass is 287 g/mol. The van der Waals surface area contributed by atoms with E-state index in [1.807, 2.05) is 4.68 Å². The van der Waals surface area contributed by atoms with Gasteiger partial charge in [-0.05, 0) is 31.6 Å². The first kappa shape index (κ1) is 12.8. The van der Waals surface area contributed by atoms with Crippen molar-refractivity contribution in [2.75, 3.05) is 18.0 Å². The average Bonchev–Trinajstić information content (AvgIpc) is 3.08. The van der Waals surface area contributed by atoms with Crippen LogP contribution in [0.25, 0.3) is 0 Å². The molecule has 1 aliphatic carbocycles. The summed E-state index contributed by atoms with van der Waals surface area (Å²) in [5.41, 5.74) is 0. The van der Waals surface area contributed by atoms with Crippen molar-refractivity contribution in [1.82, 2.24) is 29.5 Å². The van der Waals surface area contributed by atoms with E-state index in [1.54, 1.807) is 12.7 Å². The van der Waals surface area contributed by atoms with Crippen LogP contribution in [0.4, 0.5) is 5.95 Å². The highest BCUT2D eigenvalue weighted by Crippen LogP contribution is 2.39. The lowest BCUT2D eigenvalue weighted by molar-refractivity contribution is 0.339. The third-order valence-corrected chi connectivity index (χ3v) is 4.64. The Balaban J connectivity index is 1.38. The van der Waals surface area contributed by atoms with Crippen molar-refractivity contribution in [3.05, 3.63) is 18.5 Å². The lowest BCUT2D eigenvalue weighted by atomic mass is 9.97. The highest BCUT2D eigenvalue weighted by Gasteiger charge is 2.31. The first-order valence-electron chi connectivity index (χ1n) is 7.78. The van der Waals surface area contributed by atoms with Crippen LogP contribution in [0.15, 0.2) is 12.7 Å². The molecule has 0 bridgehead atoms. The van der Waals surface area contributed by atoms with Crippen LogP contribution in [-0.2, 0) is 13.6 Å². The van der Waals surface area contributed by atoms with Crippen LogP contribution in [-0.4, -0.2) is 42.6 Å². The minimum Gasteiger partial charge on any atom is -0.341 e. The van der Waals surface area contributed by atoms with Crippen LogP contribution in [0.1, 0.15) is 37.4 Å². The van der Waals surface area contributed by atoms with E-state index < -0.39 is 0 Å². The maximum Gasteiger partial charge on any atom is 0.226 e. The van der Waals surface area contributed by atoms with Crippen molar-refractivity contribution in [3.8, 4) is 0 Å². The van der Waals surface area contributed by atoms with Crippen LogP contribution in [0.2, 0.25) is 0 Å². The summed E-state index contributed by atoms with van der Waals surface area (Å²) >= 11 is 0. The van der Waals surface area contributed by atoms with Crippen molar-refractivity contribution < 1.29 is 0 Å². The highest BCUT2D eigenvalue weighted by molar-refractivity contribution is 5.32. The second-order valence-electron chi connectivity index (χ2n) is 6.24. The second-order valence-corrected chi connectivity index (χ2v) is 6.24. The normalized spacial score (nSPS) is 20.1. The lowest BCUT2D eigenvalue weighted by Gasteiger charge is -2.32. The molecular formula is C14H21N7. The number of hydrogen-bond acceptors (Lipinski definition) is 5. The number of hydrogen-bond donors (Lipinski definition) is 0. The van der Waals surface area contributed by atoms with Crippen LogP contribution in [0.3, 0.4) is 0 Å². The van der Waals surface area contributed by atoms with Gasteiger partial charge >= 0.3 is 0 Å². The summed E-state index contributed by atoms with van der Waals surface area (Å²) in [5, 5.41) is 13.0. The van der Waals surface area contributed by atoms with Gasteiger partial charge in [0.25, 0.3) is 0 Å². The van der Waals surface area contributed by atoms with E-state index in [9.17, 15) is 0 Å².